The standard InChI is InChI=1S/C22H23FN2O6S/c1-16-2-8-19(32(28,29)25-10-12-30-13-11-25)14-20(16)24-21(26)15-31-22(27)9-5-17-3-6-18(23)7-4-17/h2-9,14H,10-13,15H2,1H3,(H,24,26). The first-order valence-corrected chi connectivity index (χ1v) is 11.3. The number of carbonyl (C=O) groups is 2. The fourth-order valence-corrected chi connectivity index (χ4v) is 4.38. The van der Waals surface area contributed by atoms with Crippen LogP contribution in [0.5, 0.6) is 0 Å². The summed E-state index contributed by atoms with van der Waals surface area (Å²) in [4.78, 5) is 24.1. The molecule has 0 bridgehead atoms. The smallest absolute Gasteiger partial charge is 0.331 e. The van der Waals surface area contributed by atoms with Crippen molar-refractivity contribution < 1.29 is 31.9 Å². The molecule has 8 nitrogen and oxygen atoms in total. The number of anilines is 1. The molecule has 32 heavy (non-hydrogen) atoms. The topological polar surface area (TPSA) is 102 Å². The molecular weight excluding hydrogens is 439 g/mol. The maximum Gasteiger partial charge on any atom is 0.331 e. The predicted molar refractivity (Wildman–Crippen MR) is 116 cm³/mol. The summed E-state index contributed by atoms with van der Waals surface area (Å²) in [6, 6.07) is 9.96. The highest BCUT2D eigenvalue weighted by atomic mass is 32.2. The average molecular weight is 462 g/mol. The fraction of sp³-hybridized carbons (Fsp3) is 0.273. The normalized spacial score (nSPS) is 14.9. The molecule has 2 aromatic carbocycles. The lowest BCUT2D eigenvalue weighted by Gasteiger charge is -2.26. The molecule has 1 aliphatic heterocycles. The van der Waals surface area contributed by atoms with Crippen LogP contribution in [0.3, 0.4) is 0 Å². The second-order valence-corrected chi connectivity index (χ2v) is 8.97. The first-order chi connectivity index (χ1) is 15.3. The number of rotatable bonds is 7. The van der Waals surface area contributed by atoms with Crippen molar-refractivity contribution in [3.8, 4) is 0 Å². The van der Waals surface area contributed by atoms with Crippen molar-refractivity contribution in [1.29, 1.82) is 0 Å². The SMILES string of the molecule is Cc1ccc(S(=O)(=O)N2CCOCC2)cc1NC(=O)COC(=O)C=Cc1ccc(F)cc1. The predicted octanol–water partition coefficient (Wildman–Crippen LogP) is 2.35. The van der Waals surface area contributed by atoms with Crippen molar-refractivity contribution >= 4 is 33.7 Å². The van der Waals surface area contributed by atoms with Gasteiger partial charge < -0.3 is 14.8 Å². The number of nitrogens with one attached hydrogen (secondary N) is 1. The van der Waals surface area contributed by atoms with E-state index in [-0.39, 0.29) is 18.0 Å². The van der Waals surface area contributed by atoms with E-state index in [9.17, 15) is 22.4 Å². The minimum atomic E-state index is -3.72. The average Bonchev–Trinajstić information content (AvgIpc) is 2.79. The van der Waals surface area contributed by atoms with Crippen LogP contribution in [0, 0.1) is 12.7 Å². The van der Waals surface area contributed by atoms with E-state index >= 15 is 0 Å². The first-order valence-electron chi connectivity index (χ1n) is 9.84. The molecule has 1 amide bonds. The quantitative estimate of drug-likeness (QED) is 0.501. The Morgan fingerprint density at radius 2 is 1.84 bits per heavy atom. The second kappa shape index (κ2) is 10.5. The molecule has 1 fully saturated rings. The Bertz CT molecular complexity index is 1110. The minimum Gasteiger partial charge on any atom is -0.452 e. The van der Waals surface area contributed by atoms with Crippen LogP contribution in [-0.4, -0.2) is 57.5 Å². The lowest BCUT2D eigenvalue weighted by Crippen LogP contribution is -2.40. The summed E-state index contributed by atoms with van der Waals surface area (Å²) >= 11 is 0. The number of hydrogen-bond donors (Lipinski definition) is 1. The van der Waals surface area contributed by atoms with Gasteiger partial charge in [-0.3, -0.25) is 4.79 Å². The van der Waals surface area contributed by atoms with Crippen LogP contribution in [0.25, 0.3) is 6.08 Å². The number of nitrogens with zero attached hydrogens (tertiary/aromatic N) is 1. The molecule has 1 heterocycles. The van der Waals surface area contributed by atoms with Gasteiger partial charge in [-0.25, -0.2) is 17.6 Å². The summed E-state index contributed by atoms with van der Waals surface area (Å²) in [5, 5.41) is 2.57. The molecule has 170 valence electrons. The summed E-state index contributed by atoms with van der Waals surface area (Å²) in [5.41, 5.74) is 1.56. The van der Waals surface area contributed by atoms with Crippen LogP contribution in [0.2, 0.25) is 0 Å². The Labute approximate surface area is 185 Å². The van der Waals surface area contributed by atoms with E-state index in [1.54, 1.807) is 13.0 Å². The number of aryl methyl sites for hydroxylation is 1. The van der Waals surface area contributed by atoms with Gasteiger partial charge in [0.25, 0.3) is 5.91 Å². The van der Waals surface area contributed by atoms with Crippen molar-refractivity contribution in [3.05, 3.63) is 65.5 Å². The molecule has 1 aliphatic rings. The Balaban J connectivity index is 1.59. The number of amides is 1. The van der Waals surface area contributed by atoms with Crippen molar-refractivity contribution in [2.24, 2.45) is 0 Å². The molecule has 10 heteroatoms. The maximum absolute atomic E-state index is 12.9. The van der Waals surface area contributed by atoms with Gasteiger partial charge >= 0.3 is 5.97 Å². The number of morpholine rings is 1. The van der Waals surface area contributed by atoms with Crippen LogP contribution in [0.15, 0.2) is 53.4 Å². The third-order valence-electron chi connectivity index (χ3n) is 4.72. The van der Waals surface area contributed by atoms with Crippen molar-refractivity contribution in [2.45, 2.75) is 11.8 Å². The highest BCUT2D eigenvalue weighted by Gasteiger charge is 2.26. The van der Waals surface area contributed by atoms with Crippen LogP contribution in [-0.2, 0) is 29.1 Å². The van der Waals surface area contributed by atoms with Crippen LogP contribution < -0.4 is 5.32 Å². The van der Waals surface area contributed by atoms with Crippen LogP contribution >= 0.6 is 0 Å². The number of sulfonamides is 1. The van der Waals surface area contributed by atoms with E-state index < -0.39 is 34.3 Å². The zero-order chi connectivity index (χ0) is 23.1. The van der Waals surface area contributed by atoms with Gasteiger partial charge in [0, 0.05) is 24.9 Å². The molecule has 0 unspecified atom stereocenters. The summed E-state index contributed by atoms with van der Waals surface area (Å²) in [5.74, 6) is -1.75. The third-order valence-corrected chi connectivity index (χ3v) is 6.61. The summed E-state index contributed by atoms with van der Waals surface area (Å²) < 4.78 is 50.0. The number of benzene rings is 2. The fourth-order valence-electron chi connectivity index (χ4n) is 2.94. The monoisotopic (exact) mass is 462 g/mol. The molecule has 1 saturated heterocycles. The number of carbonyl (C=O) groups excluding carboxylic acids is 2. The lowest BCUT2D eigenvalue weighted by atomic mass is 10.2. The van der Waals surface area contributed by atoms with E-state index in [2.05, 4.69) is 5.32 Å². The Kier molecular flexibility index (Phi) is 7.73. The van der Waals surface area contributed by atoms with E-state index in [0.29, 0.717) is 30.0 Å². The zero-order valence-corrected chi connectivity index (χ0v) is 18.2. The Hall–Kier alpha value is -3.08. The second-order valence-electron chi connectivity index (χ2n) is 7.03. The molecule has 0 saturated carbocycles. The molecule has 0 spiro atoms. The molecule has 0 aliphatic carbocycles. The Morgan fingerprint density at radius 1 is 1.16 bits per heavy atom. The van der Waals surface area contributed by atoms with Gasteiger partial charge in [-0.1, -0.05) is 18.2 Å². The largest absolute Gasteiger partial charge is 0.452 e. The maximum atomic E-state index is 12.9. The number of ether oxygens (including phenoxy) is 2. The number of esters is 1. The van der Waals surface area contributed by atoms with E-state index in [1.165, 1.54) is 46.8 Å². The van der Waals surface area contributed by atoms with Crippen LogP contribution in [0.4, 0.5) is 10.1 Å². The molecule has 3 rings (SSSR count). The molecule has 2 aromatic rings. The Morgan fingerprint density at radius 3 is 2.53 bits per heavy atom. The van der Waals surface area contributed by atoms with Crippen molar-refractivity contribution in [2.75, 3.05) is 38.2 Å². The highest BCUT2D eigenvalue weighted by Crippen LogP contribution is 2.23. The summed E-state index contributed by atoms with van der Waals surface area (Å²) in [6.07, 6.45) is 2.56. The van der Waals surface area contributed by atoms with Crippen molar-refractivity contribution in [1.82, 2.24) is 4.31 Å². The third kappa shape index (κ3) is 6.22. The molecular formula is C22H23FN2O6S. The first kappa shape index (κ1) is 23.6. The summed E-state index contributed by atoms with van der Waals surface area (Å²) in [6.45, 7) is 2.36. The molecule has 0 radical (unpaired) electrons. The van der Waals surface area contributed by atoms with Gasteiger partial charge in [-0.2, -0.15) is 4.31 Å². The van der Waals surface area contributed by atoms with Crippen molar-refractivity contribution in [3.63, 3.8) is 0 Å². The van der Waals surface area contributed by atoms with Crippen LogP contribution in [0.1, 0.15) is 11.1 Å². The van der Waals surface area contributed by atoms with E-state index in [0.717, 1.165) is 6.08 Å². The lowest BCUT2D eigenvalue weighted by molar-refractivity contribution is -0.142. The van der Waals surface area contributed by atoms with Gasteiger partial charge in [-0.15, -0.1) is 0 Å². The van der Waals surface area contributed by atoms with Gasteiger partial charge in [0.2, 0.25) is 10.0 Å². The zero-order valence-electron chi connectivity index (χ0n) is 17.4. The minimum absolute atomic E-state index is 0.0551. The number of hydrogen-bond acceptors (Lipinski definition) is 6. The summed E-state index contributed by atoms with van der Waals surface area (Å²) in [7, 11) is -3.72. The molecule has 1 N–H and O–H groups in total. The van der Waals surface area contributed by atoms with E-state index in [1.807, 2.05) is 0 Å². The van der Waals surface area contributed by atoms with Gasteiger partial charge in [-0.05, 0) is 48.4 Å². The van der Waals surface area contributed by atoms with Gasteiger partial charge in [0.1, 0.15) is 5.82 Å². The van der Waals surface area contributed by atoms with Gasteiger partial charge in [0.15, 0.2) is 6.61 Å². The highest BCUT2D eigenvalue weighted by molar-refractivity contribution is 7.89. The molecule has 0 aromatic heterocycles. The molecule has 0 atom stereocenters. The van der Waals surface area contributed by atoms with E-state index in [4.69, 9.17) is 9.47 Å². The van der Waals surface area contributed by atoms with Gasteiger partial charge in [0.05, 0.1) is 18.1 Å². The number of halogens is 1.